The first kappa shape index (κ1) is 11.5. The molecule has 0 aliphatic heterocycles. The summed E-state index contributed by atoms with van der Waals surface area (Å²) in [6.07, 6.45) is 0.470. The van der Waals surface area contributed by atoms with Crippen LogP contribution >= 0.6 is 15.9 Å². The molecule has 0 aliphatic rings. The topological polar surface area (TPSA) is 75.6 Å². The van der Waals surface area contributed by atoms with E-state index in [0.29, 0.717) is 12.1 Å². The molecule has 0 bridgehead atoms. The van der Waals surface area contributed by atoms with Gasteiger partial charge in [0.05, 0.1) is 17.3 Å². The van der Waals surface area contributed by atoms with Gasteiger partial charge < -0.3 is 15.2 Å². The van der Waals surface area contributed by atoms with E-state index in [0.717, 1.165) is 0 Å². The zero-order valence-electron chi connectivity index (χ0n) is 7.78. The van der Waals surface area contributed by atoms with Gasteiger partial charge in [0.2, 0.25) is 6.41 Å². The molecule has 0 aliphatic carbocycles. The third kappa shape index (κ3) is 2.27. The Bertz CT molecular complexity index is 405. The Hall–Kier alpha value is -1.56. The molecule has 0 heterocycles. The van der Waals surface area contributed by atoms with Crippen LogP contribution in [0.5, 0.6) is 5.75 Å². The molecule has 80 valence electrons. The summed E-state index contributed by atoms with van der Waals surface area (Å²) in [6.45, 7) is 0. The minimum atomic E-state index is -0.647. The molecule has 0 atom stereocenters. The second-order valence-electron chi connectivity index (χ2n) is 2.58. The normalized spacial score (nSPS) is 9.47. The van der Waals surface area contributed by atoms with Crippen molar-refractivity contribution in [2.45, 2.75) is 0 Å². The van der Waals surface area contributed by atoms with Crippen LogP contribution in [0, 0.1) is 0 Å². The molecule has 0 radical (unpaired) electrons. The average molecular weight is 274 g/mol. The molecule has 1 amide bonds. The molecule has 0 spiro atoms. The third-order valence-electron chi connectivity index (χ3n) is 1.74. The maximum atomic E-state index is 11.2. The number of esters is 1. The monoisotopic (exact) mass is 273 g/mol. The van der Waals surface area contributed by atoms with E-state index in [1.54, 1.807) is 0 Å². The van der Waals surface area contributed by atoms with E-state index < -0.39 is 5.97 Å². The van der Waals surface area contributed by atoms with Gasteiger partial charge >= 0.3 is 5.97 Å². The number of nitrogens with one attached hydrogen (secondary N) is 1. The lowest BCUT2D eigenvalue weighted by atomic mass is 10.2. The van der Waals surface area contributed by atoms with Gasteiger partial charge in [0.15, 0.2) is 0 Å². The maximum Gasteiger partial charge on any atom is 0.341 e. The van der Waals surface area contributed by atoms with Gasteiger partial charge in [-0.2, -0.15) is 0 Å². The van der Waals surface area contributed by atoms with Crippen molar-refractivity contribution in [3.8, 4) is 5.75 Å². The zero-order valence-corrected chi connectivity index (χ0v) is 9.37. The van der Waals surface area contributed by atoms with E-state index in [4.69, 9.17) is 0 Å². The number of carbonyl (C=O) groups excluding carboxylic acids is 2. The molecule has 0 aromatic heterocycles. The smallest absolute Gasteiger partial charge is 0.341 e. The predicted octanol–water partition coefficient (Wildman–Crippen LogP) is 1.51. The molecule has 1 aromatic rings. The Kier molecular flexibility index (Phi) is 3.68. The predicted molar refractivity (Wildman–Crippen MR) is 56.8 cm³/mol. The van der Waals surface area contributed by atoms with Crippen LogP contribution in [0.25, 0.3) is 0 Å². The summed E-state index contributed by atoms with van der Waals surface area (Å²) in [4.78, 5) is 21.4. The van der Waals surface area contributed by atoms with Crippen molar-refractivity contribution in [1.29, 1.82) is 0 Å². The van der Waals surface area contributed by atoms with E-state index in [9.17, 15) is 14.7 Å². The molecule has 0 unspecified atom stereocenters. The van der Waals surface area contributed by atoms with Crippen LogP contribution in [0.3, 0.4) is 0 Å². The summed E-state index contributed by atoms with van der Waals surface area (Å²) in [5, 5.41) is 12.0. The van der Waals surface area contributed by atoms with E-state index in [2.05, 4.69) is 26.0 Å². The number of carbonyl (C=O) groups is 2. The largest absolute Gasteiger partial charge is 0.506 e. The second-order valence-corrected chi connectivity index (χ2v) is 3.37. The lowest BCUT2D eigenvalue weighted by Crippen LogP contribution is -2.03. The molecular formula is C9H8BrNO4. The van der Waals surface area contributed by atoms with Crippen molar-refractivity contribution in [1.82, 2.24) is 0 Å². The van der Waals surface area contributed by atoms with Gasteiger partial charge in [0.25, 0.3) is 0 Å². The zero-order chi connectivity index (χ0) is 11.4. The fourth-order valence-electron chi connectivity index (χ4n) is 1.01. The van der Waals surface area contributed by atoms with Gasteiger partial charge in [-0.15, -0.1) is 0 Å². The number of anilines is 1. The highest BCUT2D eigenvalue weighted by Gasteiger charge is 2.16. The van der Waals surface area contributed by atoms with Gasteiger partial charge in [-0.05, 0) is 28.1 Å². The van der Waals surface area contributed by atoms with Crippen LogP contribution in [0.2, 0.25) is 0 Å². The van der Waals surface area contributed by atoms with Crippen LogP contribution in [-0.2, 0) is 9.53 Å². The Labute approximate surface area is 94.2 Å². The van der Waals surface area contributed by atoms with Crippen LogP contribution in [0.15, 0.2) is 16.6 Å². The molecule has 0 fully saturated rings. The first-order valence-corrected chi connectivity index (χ1v) is 4.71. The van der Waals surface area contributed by atoms with Gasteiger partial charge in [-0.3, -0.25) is 4.79 Å². The molecule has 6 heteroatoms. The average Bonchev–Trinajstić information content (AvgIpc) is 2.24. The van der Waals surface area contributed by atoms with Gasteiger partial charge in [-0.1, -0.05) is 0 Å². The second kappa shape index (κ2) is 4.79. The Morgan fingerprint density at radius 2 is 2.27 bits per heavy atom. The van der Waals surface area contributed by atoms with Crippen molar-refractivity contribution in [3.63, 3.8) is 0 Å². The van der Waals surface area contributed by atoms with Crippen LogP contribution < -0.4 is 5.32 Å². The number of methoxy groups -OCH3 is 1. The molecule has 0 saturated heterocycles. The van der Waals surface area contributed by atoms with Crippen molar-refractivity contribution in [2.24, 2.45) is 0 Å². The number of benzene rings is 1. The Morgan fingerprint density at radius 3 is 2.80 bits per heavy atom. The number of rotatable bonds is 3. The summed E-state index contributed by atoms with van der Waals surface area (Å²) in [6, 6.07) is 2.84. The van der Waals surface area contributed by atoms with E-state index in [-0.39, 0.29) is 15.8 Å². The standard InChI is InChI=1S/C9H8BrNO4/c1-15-9(14)5-2-3-6(11-4-12)7(10)8(5)13/h2-4,13H,1H3,(H,11,12). The van der Waals surface area contributed by atoms with Crippen LogP contribution in [0.4, 0.5) is 5.69 Å². The highest BCUT2D eigenvalue weighted by molar-refractivity contribution is 9.10. The van der Waals surface area contributed by atoms with E-state index >= 15 is 0 Å². The maximum absolute atomic E-state index is 11.2. The molecule has 2 N–H and O–H groups in total. The van der Waals surface area contributed by atoms with Crippen molar-refractivity contribution in [2.75, 3.05) is 12.4 Å². The molecule has 1 rings (SSSR count). The highest BCUT2D eigenvalue weighted by Crippen LogP contribution is 2.34. The third-order valence-corrected chi connectivity index (χ3v) is 2.54. The summed E-state index contributed by atoms with van der Waals surface area (Å²) < 4.78 is 4.70. The van der Waals surface area contributed by atoms with Crippen molar-refractivity contribution < 1.29 is 19.4 Å². The minimum absolute atomic E-state index is 0.0285. The van der Waals surface area contributed by atoms with Gasteiger partial charge in [0.1, 0.15) is 11.3 Å². The Morgan fingerprint density at radius 1 is 1.60 bits per heavy atom. The first-order chi connectivity index (χ1) is 7.11. The fourth-order valence-corrected chi connectivity index (χ4v) is 1.47. The summed E-state index contributed by atoms with van der Waals surface area (Å²) in [7, 11) is 1.22. The number of halogens is 1. The quantitative estimate of drug-likeness (QED) is 0.647. The van der Waals surface area contributed by atoms with Crippen molar-refractivity contribution in [3.05, 3.63) is 22.2 Å². The number of ether oxygens (including phenoxy) is 1. The number of hydrogen-bond donors (Lipinski definition) is 2. The Balaban J connectivity index is 3.20. The number of phenols is 1. The molecular weight excluding hydrogens is 266 g/mol. The highest BCUT2D eigenvalue weighted by atomic mass is 79.9. The number of phenolic OH excluding ortho intramolecular Hbond substituents is 1. The lowest BCUT2D eigenvalue weighted by molar-refractivity contribution is -0.105. The lowest BCUT2D eigenvalue weighted by Gasteiger charge is -2.08. The van der Waals surface area contributed by atoms with E-state index in [1.165, 1.54) is 19.2 Å². The molecule has 5 nitrogen and oxygen atoms in total. The number of aromatic hydroxyl groups is 1. The fraction of sp³-hybridized carbons (Fsp3) is 0.111. The van der Waals surface area contributed by atoms with Crippen LogP contribution in [0.1, 0.15) is 10.4 Å². The summed E-state index contributed by atoms with van der Waals surface area (Å²) >= 11 is 3.05. The van der Waals surface area contributed by atoms with Crippen LogP contribution in [-0.4, -0.2) is 24.6 Å². The summed E-state index contributed by atoms with van der Waals surface area (Å²) in [5.41, 5.74) is 0.399. The van der Waals surface area contributed by atoms with Gasteiger partial charge in [0, 0.05) is 0 Å². The van der Waals surface area contributed by atoms with E-state index in [1.807, 2.05) is 0 Å². The minimum Gasteiger partial charge on any atom is -0.506 e. The number of amides is 1. The molecule has 15 heavy (non-hydrogen) atoms. The molecule has 0 saturated carbocycles. The number of hydrogen-bond acceptors (Lipinski definition) is 4. The van der Waals surface area contributed by atoms with Gasteiger partial charge in [-0.25, -0.2) is 4.79 Å². The van der Waals surface area contributed by atoms with Crippen molar-refractivity contribution >= 4 is 34.0 Å². The SMILES string of the molecule is COC(=O)c1ccc(NC=O)c(Br)c1O. The molecule has 1 aromatic carbocycles. The first-order valence-electron chi connectivity index (χ1n) is 3.91. The summed E-state index contributed by atoms with van der Waals surface area (Å²) in [5.74, 6) is -0.917.